The van der Waals surface area contributed by atoms with Crippen LogP contribution in [0.15, 0.2) is 4.52 Å². The second kappa shape index (κ2) is 6.05. The van der Waals surface area contributed by atoms with E-state index in [4.69, 9.17) is 9.26 Å². The van der Waals surface area contributed by atoms with E-state index in [-0.39, 0.29) is 17.8 Å². The van der Waals surface area contributed by atoms with E-state index in [1.807, 2.05) is 11.8 Å². The number of thioether (sulfide) groups is 1. The van der Waals surface area contributed by atoms with E-state index >= 15 is 0 Å². The van der Waals surface area contributed by atoms with Gasteiger partial charge in [-0.15, -0.1) is 0 Å². The number of Topliss-reactive ketones (excluding diaryl/α,β-unsaturated/α-hetero) is 1. The Bertz CT molecular complexity index is 443. The van der Waals surface area contributed by atoms with E-state index in [2.05, 4.69) is 10.1 Å². The zero-order valence-electron chi connectivity index (χ0n) is 10.8. The van der Waals surface area contributed by atoms with E-state index in [0.717, 1.165) is 43.8 Å². The molecule has 1 aliphatic carbocycles. The minimum absolute atomic E-state index is 0.0860. The van der Waals surface area contributed by atoms with Crippen LogP contribution in [0.2, 0.25) is 0 Å². The average molecular weight is 282 g/mol. The van der Waals surface area contributed by atoms with Gasteiger partial charge in [0, 0.05) is 17.9 Å². The Kier molecular flexibility index (Phi) is 4.18. The Balaban J connectivity index is 1.74. The number of rotatable bonds is 2. The minimum Gasteiger partial charge on any atom is -0.368 e. The van der Waals surface area contributed by atoms with Gasteiger partial charge in [-0.25, -0.2) is 0 Å². The summed E-state index contributed by atoms with van der Waals surface area (Å²) < 4.78 is 10.9. The molecule has 0 radical (unpaired) electrons. The molecule has 5 nitrogen and oxygen atoms in total. The number of hydrogen-bond donors (Lipinski definition) is 0. The quantitative estimate of drug-likeness (QED) is 0.776. The zero-order valence-corrected chi connectivity index (χ0v) is 11.7. The highest BCUT2D eigenvalue weighted by Gasteiger charge is 2.30. The van der Waals surface area contributed by atoms with E-state index in [9.17, 15) is 4.79 Å². The molecule has 0 N–H and O–H groups in total. The van der Waals surface area contributed by atoms with Crippen LogP contribution >= 0.6 is 11.8 Å². The first-order chi connectivity index (χ1) is 9.34. The Morgan fingerprint density at radius 1 is 1.26 bits per heavy atom. The number of ketones is 1. The van der Waals surface area contributed by atoms with Crippen molar-refractivity contribution in [1.29, 1.82) is 0 Å². The lowest BCUT2D eigenvalue weighted by molar-refractivity contribution is -0.120. The summed E-state index contributed by atoms with van der Waals surface area (Å²) in [6, 6.07) is 0. The maximum Gasteiger partial charge on any atom is 0.237 e. The van der Waals surface area contributed by atoms with Crippen LogP contribution in [0.4, 0.5) is 0 Å². The molecule has 0 spiro atoms. The second-order valence-corrected chi connectivity index (χ2v) is 6.19. The third-order valence-electron chi connectivity index (χ3n) is 3.66. The molecule has 1 aromatic heterocycles. The largest absolute Gasteiger partial charge is 0.368 e. The van der Waals surface area contributed by atoms with Crippen molar-refractivity contribution in [1.82, 2.24) is 10.1 Å². The normalized spacial score (nSPS) is 29.2. The fraction of sp³-hybridized carbons (Fsp3) is 0.769. The Labute approximate surface area is 116 Å². The Morgan fingerprint density at radius 3 is 3.05 bits per heavy atom. The summed E-state index contributed by atoms with van der Waals surface area (Å²) in [6.45, 7) is 0.724. The molecule has 2 heterocycles. The molecule has 1 saturated heterocycles. The maximum absolute atomic E-state index is 12.0. The molecule has 0 aromatic carbocycles. The van der Waals surface area contributed by atoms with Gasteiger partial charge in [0.15, 0.2) is 0 Å². The van der Waals surface area contributed by atoms with Gasteiger partial charge >= 0.3 is 0 Å². The maximum atomic E-state index is 12.0. The van der Waals surface area contributed by atoms with Crippen LogP contribution in [-0.2, 0) is 9.53 Å². The van der Waals surface area contributed by atoms with Crippen molar-refractivity contribution in [2.24, 2.45) is 0 Å². The van der Waals surface area contributed by atoms with Crippen LogP contribution in [-0.4, -0.2) is 34.0 Å². The first kappa shape index (κ1) is 13.1. The molecule has 104 valence electrons. The van der Waals surface area contributed by atoms with Crippen LogP contribution in [0.25, 0.3) is 0 Å². The van der Waals surface area contributed by atoms with Gasteiger partial charge in [0.05, 0.1) is 12.5 Å². The van der Waals surface area contributed by atoms with Gasteiger partial charge in [-0.2, -0.15) is 16.7 Å². The lowest BCUT2D eigenvalue weighted by Gasteiger charge is -2.18. The highest BCUT2D eigenvalue weighted by molar-refractivity contribution is 7.99. The summed E-state index contributed by atoms with van der Waals surface area (Å²) in [6.07, 6.45) is 4.55. The van der Waals surface area contributed by atoms with Gasteiger partial charge in [0.2, 0.25) is 11.7 Å². The predicted molar refractivity (Wildman–Crippen MR) is 71.1 cm³/mol. The molecular weight excluding hydrogens is 264 g/mol. The molecular formula is C13H18N2O3S. The monoisotopic (exact) mass is 282 g/mol. The number of nitrogens with zero attached hydrogens (tertiary/aromatic N) is 2. The highest BCUT2D eigenvalue weighted by Crippen LogP contribution is 2.30. The first-order valence-electron chi connectivity index (χ1n) is 6.90. The van der Waals surface area contributed by atoms with Gasteiger partial charge in [-0.1, -0.05) is 18.0 Å². The molecule has 2 fully saturated rings. The van der Waals surface area contributed by atoms with E-state index < -0.39 is 0 Å². The van der Waals surface area contributed by atoms with Gasteiger partial charge < -0.3 is 9.26 Å². The number of carbonyl (C=O) groups is 1. The van der Waals surface area contributed by atoms with Gasteiger partial charge in [-0.05, 0) is 12.8 Å². The molecule has 2 aliphatic rings. The number of ether oxygens (including phenoxy) is 1. The zero-order chi connectivity index (χ0) is 13.1. The van der Waals surface area contributed by atoms with Gasteiger partial charge in [-0.3, -0.25) is 4.79 Å². The molecule has 0 bridgehead atoms. The van der Waals surface area contributed by atoms with Gasteiger partial charge in [0.1, 0.15) is 11.9 Å². The van der Waals surface area contributed by atoms with Crippen molar-refractivity contribution >= 4 is 17.5 Å². The van der Waals surface area contributed by atoms with Crippen molar-refractivity contribution in [3.63, 3.8) is 0 Å². The first-order valence-corrected chi connectivity index (χ1v) is 8.05. The molecule has 1 aliphatic heterocycles. The van der Waals surface area contributed by atoms with Crippen LogP contribution in [0.5, 0.6) is 0 Å². The lowest BCUT2D eigenvalue weighted by atomic mass is 9.99. The number of carbonyl (C=O) groups excluding carboxylic acids is 1. The molecule has 1 saturated carbocycles. The van der Waals surface area contributed by atoms with Crippen molar-refractivity contribution in [3.05, 3.63) is 11.7 Å². The summed E-state index contributed by atoms with van der Waals surface area (Å²) in [5.74, 6) is 3.01. The van der Waals surface area contributed by atoms with Crippen molar-refractivity contribution in [2.45, 2.75) is 44.1 Å². The molecule has 2 atom stereocenters. The van der Waals surface area contributed by atoms with Crippen molar-refractivity contribution in [2.75, 3.05) is 18.1 Å². The average Bonchev–Trinajstić information content (AvgIpc) is 2.83. The summed E-state index contributed by atoms with van der Waals surface area (Å²) in [4.78, 5) is 16.4. The van der Waals surface area contributed by atoms with E-state index in [0.29, 0.717) is 18.1 Å². The van der Waals surface area contributed by atoms with Crippen molar-refractivity contribution in [3.8, 4) is 0 Å². The molecule has 19 heavy (non-hydrogen) atoms. The van der Waals surface area contributed by atoms with E-state index in [1.165, 1.54) is 0 Å². The Hall–Kier alpha value is -0.880. The van der Waals surface area contributed by atoms with Crippen LogP contribution in [0.1, 0.15) is 55.8 Å². The molecule has 0 amide bonds. The van der Waals surface area contributed by atoms with Gasteiger partial charge in [0.25, 0.3) is 0 Å². The summed E-state index contributed by atoms with van der Waals surface area (Å²) >= 11 is 1.83. The third kappa shape index (κ3) is 3.00. The number of hydrogen-bond acceptors (Lipinski definition) is 6. The number of aromatic nitrogens is 2. The Morgan fingerprint density at radius 2 is 2.21 bits per heavy atom. The topological polar surface area (TPSA) is 65.2 Å². The predicted octanol–water partition coefficient (Wildman–Crippen LogP) is 2.49. The third-order valence-corrected chi connectivity index (χ3v) is 4.66. The van der Waals surface area contributed by atoms with Crippen LogP contribution < -0.4 is 0 Å². The summed E-state index contributed by atoms with van der Waals surface area (Å²) in [7, 11) is 0. The summed E-state index contributed by atoms with van der Waals surface area (Å²) in [5.41, 5.74) is 0. The standard InChI is InChI=1S/C13H18N2O3S/c16-10-5-3-1-2-4-9(10)13-14-12(15-18-13)11-8-19-7-6-17-11/h9,11H,1-8H2. The molecule has 6 heteroatoms. The second-order valence-electron chi connectivity index (χ2n) is 5.04. The smallest absolute Gasteiger partial charge is 0.237 e. The fourth-order valence-corrected chi connectivity index (χ4v) is 3.42. The molecule has 2 unspecified atom stereocenters. The van der Waals surface area contributed by atoms with Crippen molar-refractivity contribution < 1.29 is 14.1 Å². The fourth-order valence-electron chi connectivity index (χ4n) is 2.58. The lowest BCUT2D eigenvalue weighted by Crippen LogP contribution is -2.17. The summed E-state index contributed by atoms with van der Waals surface area (Å²) in [5, 5.41) is 4.00. The molecule has 3 rings (SSSR count). The van der Waals surface area contributed by atoms with Crippen LogP contribution in [0, 0.1) is 0 Å². The highest BCUT2D eigenvalue weighted by atomic mass is 32.2. The minimum atomic E-state index is -0.194. The molecule has 1 aromatic rings. The SMILES string of the molecule is O=C1CCCCCC1c1nc(C2CSCCO2)no1. The van der Waals surface area contributed by atoms with E-state index in [1.54, 1.807) is 0 Å². The van der Waals surface area contributed by atoms with Crippen LogP contribution in [0.3, 0.4) is 0 Å².